The van der Waals surface area contributed by atoms with Crippen molar-refractivity contribution < 1.29 is 12.6 Å². The van der Waals surface area contributed by atoms with E-state index in [1.165, 1.54) is 6.08 Å². The summed E-state index contributed by atoms with van der Waals surface area (Å²) in [6.07, 6.45) is 1.51. The van der Waals surface area contributed by atoms with Crippen LogP contribution in [0, 0.1) is 0 Å². The van der Waals surface area contributed by atoms with Gasteiger partial charge in [0.05, 0.1) is 13.2 Å². The molecule has 1 atom stereocenters. The van der Waals surface area contributed by atoms with Crippen molar-refractivity contribution in [2.75, 3.05) is 13.2 Å². The molecule has 0 aromatic heterocycles. The van der Waals surface area contributed by atoms with Crippen molar-refractivity contribution >= 4 is 11.4 Å². The predicted octanol–water partition coefficient (Wildman–Crippen LogP) is 0.804. The molecule has 0 amide bonds. The second-order valence-corrected chi connectivity index (χ2v) is 2.06. The van der Waals surface area contributed by atoms with E-state index in [0.717, 1.165) is 0 Å². The van der Waals surface area contributed by atoms with E-state index in [0.29, 0.717) is 6.61 Å². The van der Waals surface area contributed by atoms with Gasteiger partial charge >= 0.3 is 11.4 Å². The molecule has 0 aliphatic carbocycles. The van der Waals surface area contributed by atoms with Gasteiger partial charge in [0.1, 0.15) is 0 Å². The van der Waals surface area contributed by atoms with Crippen LogP contribution in [0.5, 0.6) is 0 Å². The van der Waals surface area contributed by atoms with Crippen molar-refractivity contribution in [2.24, 2.45) is 0 Å². The van der Waals surface area contributed by atoms with Gasteiger partial charge in [0.15, 0.2) is 0 Å². The van der Waals surface area contributed by atoms with Crippen molar-refractivity contribution in [3.8, 4) is 0 Å². The van der Waals surface area contributed by atoms with Crippen molar-refractivity contribution in [2.45, 2.75) is 6.92 Å². The Bertz CT molecular complexity index is 102. The highest BCUT2D eigenvalue weighted by Crippen LogP contribution is 1.87. The van der Waals surface area contributed by atoms with Crippen molar-refractivity contribution in [3.05, 3.63) is 12.7 Å². The third-order valence-electron chi connectivity index (χ3n) is 0.496. The van der Waals surface area contributed by atoms with Crippen LogP contribution in [0.4, 0.5) is 0 Å². The Kier molecular flexibility index (Phi) is 5.81. The molecule has 54 valence electrons. The van der Waals surface area contributed by atoms with Crippen LogP contribution in [-0.4, -0.2) is 17.4 Å². The predicted molar refractivity (Wildman–Crippen MR) is 35.9 cm³/mol. The second kappa shape index (κ2) is 5.94. The summed E-state index contributed by atoms with van der Waals surface area (Å²) >= 11 is -1.59. The topological polar surface area (TPSA) is 35.5 Å². The van der Waals surface area contributed by atoms with E-state index < -0.39 is 11.4 Å². The lowest BCUT2D eigenvalue weighted by Crippen LogP contribution is -2.00. The molecule has 4 heteroatoms. The van der Waals surface area contributed by atoms with Crippen LogP contribution in [0.25, 0.3) is 0 Å². The molecule has 0 aromatic rings. The van der Waals surface area contributed by atoms with E-state index in [2.05, 4.69) is 14.9 Å². The van der Waals surface area contributed by atoms with Gasteiger partial charge in [-0.15, -0.1) is 6.58 Å². The number of hydrogen-bond donors (Lipinski definition) is 0. The summed E-state index contributed by atoms with van der Waals surface area (Å²) in [5, 5.41) is 0. The molecular weight excluding hydrogens is 140 g/mol. The van der Waals surface area contributed by atoms with Gasteiger partial charge in [0, 0.05) is 0 Å². The summed E-state index contributed by atoms with van der Waals surface area (Å²) in [6.45, 7) is 5.77. The van der Waals surface area contributed by atoms with Gasteiger partial charge < -0.3 is 0 Å². The Morgan fingerprint density at radius 1 is 1.67 bits per heavy atom. The van der Waals surface area contributed by atoms with E-state index in [1.807, 2.05) is 0 Å². The molecule has 0 spiro atoms. The average Bonchev–Trinajstić information content (AvgIpc) is 1.85. The maximum absolute atomic E-state index is 10.4. The lowest BCUT2D eigenvalue weighted by molar-refractivity contribution is 0.278. The van der Waals surface area contributed by atoms with Crippen LogP contribution in [0.3, 0.4) is 0 Å². The summed E-state index contributed by atoms with van der Waals surface area (Å²) in [5.41, 5.74) is 0. The molecule has 0 radical (unpaired) electrons. The van der Waals surface area contributed by atoms with Gasteiger partial charge in [-0.25, -0.2) is 0 Å². The first-order valence-electron chi connectivity index (χ1n) is 2.60. The lowest BCUT2D eigenvalue weighted by Gasteiger charge is -1.96. The Hall–Kier alpha value is -0.190. The quantitative estimate of drug-likeness (QED) is 0.544. The molecule has 0 rings (SSSR count). The third kappa shape index (κ3) is 5.68. The van der Waals surface area contributed by atoms with Gasteiger partial charge in [-0.1, -0.05) is 6.08 Å². The second-order valence-electron chi connectivity index (χ2n) is 1.18. The fourth-order valence-electron chi connectivity index (χ4n) is 0.234. The molecule has 0 heterocycles. The van der Waals surface area contributed by atoms with Gasteiger partial charge in [-0.2, -0.15) is 4.21 Å². The van der Waals surface area contributed by atoms with Crippen LogP contribution >= 0.6 is 0 Å². The molecular formula is C5H10O3S. The van der Waals surface area contributed by atoms with Crippen LogP contribution < -0.4 is 0 Å². The monoisotopic (exact) mass is 150 g/mol. The number of hydrogen-bond acceptors (Lipinski definition) is 3. The highest BCUT2D eigenvalue weighted by Gasteiger charge is 1.93. The van der Waals surface area contributed by atoms with E-state index in [-0.39, 0.29) is 6.61 Å². The van der Waals surface area contributed by atoms with E-state index in [1.54, 1.807) is 6.92 Å². The first-order chi connectivity index (χ1) is 4.31. The summed E-state index contributed by atoms with van der Waals surface area (Å²) in [5.74, 6) is 0. The molecule has 0 saturated carbocycles. The van der Waals surface area contributed by atoms with Crippen molar-refractivity contribution in [1.82, 2.24) is 0 Å². The molecule has 1 unspecified atom stereocenters. The SMILES string of the molecule is C=CCOS(=O)OCC. The average molecular weight is 150 g/mol. The largest absolute Gasteiger partial charge is 0.304 e. The maximum atomic E-state index is 10.4. The summed E-state index contributed by atoms with van der Waals surface area (Å²) < 4.78 is 19.5. The highest BCUT2D eigenvalue weighted by molar-refractivity contribution is 7.75. The fourth-order valence-corrected chi connectivity index (χ4v) is 0.702. The zero-order chi connectivity index (χ0) is 7.11. The highest BCUT2D eigenvalue weighted by atomic mass is 32.2. The van der Waals surface area contributed by atoms with E-state index in [4.69, 9.17) is 0 Å². The smallest absolute Gasteiger partial charge is 0.269 e. The Balaban J connectivity index is 3.16. The summed E-state index contributed by atoms with van der Waals surface area (Å²) in [6, 6.07) is 0. The van der Waals surface area contributed by atoms with Gasteiger partial charge in [0.25, 0.3) is 0 Å². The first kappa shape index (κ1) is 8.81. The van der Waals surface area contributed by atoms with E-state index >= 15 is 0 Å². The van der Waals surface area contributed by atoms with Gasteiger partial charge in [0.2, 0.25) is 0 Å². The molecule has 3 nitrogen and oxygen atoms in total. The molecule has 0 saturated heterocycles. The minimum Gasteiger partial charge on any atom is -0.269 e. The standard InChI is InChI=1S/C5H10O3S/c1-3-5-8-9(6)7-4-2/h3H,1,4-5H2,2H3. The molecule has 0 N–H and O–H groups in total. The molecule has 0 aliphatic heterocycles. The minimum absolute atomic E-state index is 0.257. The van der Waals surface area contributed by atoms with Gasteiger partial charge in [-0.05, 0) is 6.92 Å². The molecule has 0 fully saturated rings. The van der Waals surface area contributed by atoms with E-state index in [9.17, 15) is 4.21 Å². The Labute approximate surface area is 57.5 Å². The third-order valence-corrected chi connectivity index (χ3v) is 1.25. The van der Waals surface area contributed by atoms with Gasteiger partial charge in [-0.3, -0.25) is 8.37 Å². The summed E-state index contributed by atoms with van der Waals surface area (Å²) in [7, 11) is 0. The molecule has 0 aromatic carbocycles. The van der Waals surface area contributed by atoms with Crippen LogP contribution in [-0.2, 0) is 19.7 Å². The zero-order valence-electron chi connectivity index (χ0n) is 5.33. The van der Waals surface area contributed by atoms with Crippen LogP contribution in [0.15, 0.2) is 12.7 Å². The summed E-state index contributed by atoms with van der Waals surface area (Å²) in [4.78, 5) is 0. The zero-order valence-corrected chi connectivity index (χ0v) is 6.15. The molecule has 0 aliphatic rings. The molecule has 0 bridgehead atoms. The van der Waals surface area contributed by atoms with Crippen LogP contribution in [0.1, 0.15) is 6.92 Å². The Morgan fingerprint density at radius 2 is 2.33 bits per heavy atom. The maximum Gasteiger partial charge on any atom is 0.304 e. The Morgan fingerprint density at radius 3 is 2.78 bits per heavy atom. The molecule has 9 heavy (non-hydrogen) atoms. The normalized spacial score (nSPS) is 13.0. The number of rotatable bonds is 5. The van der Waals surface area contributed by atoms with Crippen LogP contribution in [0.2, 0.25) is 0 Å². The fraction of sp³-hybridized carbons (Fsp3) is 0.600. The first-order valence-corrected chi connectivity index (χ1v) is 3.60. The minimum atomic E-state index is -1.59. The van der Waals surface area contributed by atoms with Crippen molar-refractivity contribution in [3.63, 3.8) is 0 Å². The lowest BCUT2D eigenvalue weighted by atomic mass is 10.7. The van der Waals surface area contributed by atoms with Crippen molar-refractivity contribution in [1.29, 1.82) is 0 Å².